The first-order chi connectivity index (χ1) is 9.39. The number of aliphatic hydroxyl groups is 1. The van der Waals surface area contributed by atoms with Crippen molar-refractivity contribution < 1.29 is 9.84 Å². The molecule has 7 heteroatoms. The topological polar surface area (TPSA) is 83.4 Å². The van der Waals surface area contributed by atoms with Crippen molar-refractivity contribution in [2.75, 3.05) is 37.0 Å². The van der Waals surface area contributed by atoms with Crippen LogP contribution in [0.4, 0.5) is 11.9 Å². The van der Waals surface area contributed by atoms with Crippen LogP contribution >= 0.6 is 0 Å². The van der Waals surface area contributed by atoms with Crippen LogP contribution in [0, 0.1) is 0 Å². The van der Waals surface area contributed by atoms with Crippen molar-refractivity contribution in [1.82, 2.24) is 15.0 Å². The van der Waals surface area contributed by atoms with Crippen molar-refractivity contribution in [1.29, 1.82) is 0 Å². The second-order valence-corrected chi connectivity index (χ2v) is 5.20. The molecule has 1 heterocycles. The Morgan fingerprint density at radius 2 is 1.95 bits per heavy atom. The highest BCUT2D eigenvalue weighted by molar-refractivity contribution is 5.38. The zero-order valence-electron chi connectivity index (χ0n) is 13.0. The van der Waals surface area contributed by atoms with Crippen LogP contribution in [0.5, 0.6) is 6.01 Å². The van der Waals surface area contributed by atoms with Gasteiger partial charge in [0.2, 0.25) is 11.9 Å². The van der Waals surface area contributed by atoms with Gasteiger partial charge >= 0.3 is 6.01 Å². The molecule has 20 heavy (non-hydrogen) atoms. The number of hydrogen-bond donors (Lipinski definition) is 2. The van der Waals surface area contributed by atoms with Crippen molar-refractivity contribution >= 4 is 11.9 Å². The van der Waals surface area contributed by atoms with Gasteiger partial charge in [-0.2, -0.15) is 15.0 Å². The fraction of sp³-hybridized carbons (Fsp3) is 0.769. The van der Waals surface area contributed by atoms with Gasteiger partial charge in [-0.25, -0.2) is 0 Å². The lowest BCUT2D eigenvalue weighted by Crippen LogP contribution is -2.39. The highest BCUT2D eigenvalue weighted by Crippen LogP contribution is 2.17. The van der Waals surface area contributed by atoms with Gasteiger partial charge in [0.25, 0.3) is 0 Å². The number of nitrogens with zero attached hydrogens (tertiary/aromatic N) is 4. The van der Waals surface area contributed by atoms with Gasteiger partial charge in [-0.3, -0.25) is 0 Å². The number of likely N-dealkylation sites (N-methyl/N-ethyl adjacent to an activating group) is 1. The van der Waals surface area contributed by atoms with E-state index in [-0.39, 0.29) is 6.01 Å². The lowest BCUT2D eigenvalue weighted by molar-refractivity contribution is 0.0871. The lowest BCUT2D eigenvalue weighted by Gasteiger charge is -2.28. The third-order valence-corrected chi connectivity index (χ3v) is 2.56. The second kappa shape index (κ2) is 7.23. The smallest absolute Gasteiger partial charge is 0.322 e. The van der Waals surface area contributed by atoms with Gasteiger partial charge in [0.05, 0.1) is 12.7 Å². The van der Waals surface area contributed by atoms with E-state index < -0.39 is 5.60 Å². The monoisotopic (exact) mass is 283 g/mol. The van der Waals surface area contributed by atoms with Crippen LogP contribution in [-0.4, -0.2) is 52.4 Å². The van der Waals surface area contributed by atoms with Gasteiger partial charge in [-0.15, -0.1) is 0 Å². The van der Waals surface area contributed by atoms with Gasteiger partial charge in [-0.05, 0) is 27.2 Å². The summed E-state index contributed by atoms with van der Waals surface area (Å²) < 4.78 is 5.11. The second-order valence-electron chi connectivity index (χ2n) is 5.20. The van der Waals surface area contributed by atoms with E-state index in [0.29, 0.717) is 25.0 Å². The predicted octanol–water partition coefficient (Wildman–Crippen LogP) is 1.30. The van der Waals surface area contributed by atoms with Crippen molar-refractivity contribution in [3.8, 4) is 6.01 Å². The summed E-state index contributed by atoms with van der Waals surface area (Å²) in [5, 5.41) is 13.1. The molecule has 0 aliphatic rings. The van der Waals surface area contributed by atoms with E-state index in [1.165, 1.54) is 7.11 Å². The van der Waals surface area contributed by atoms with Crippen molar-refractivity contribution in [2.24, 2.45) is 0 Å². The molecule has 0 saturated carbocycles. The van der Waals surface area contributed by atoms with Crippen LogP contribution in [0.25, 0.3) is 0 Å². The van der Waals surface area contributed by atoms with E-state index in [1.54, 1.807) is 13.8 Å². The average Bonchev–Trinajstić information content (AvgIpc) is 2.41. The van der Waals surface area contributed by atoms with E-state index in [4.69, 9.17) is 4.74 Å². The first-order valence-corrected chi connectivity index (χ1v) is 6.91. The maximum absolute atomic E-state index is 9.96. The minimum Gasteiger partial charge on any atom is -0.467 e. The van der Waals surface area contributed by atoms with Crippen molar-refractivity contribution in [2.45, 2.75) is 39.7 Å². The maximum Gasteiger partial charge on any atom is 0.322 e. The molecular formula is C13H25N5O2. The SMILES string of the molecule is CCCNc1nc(OC)nc(N(CC)CC(C)(C)O)n1. The highest BCUT2D eigenvalue weighted by atomic mass is 16.5. The van der Waals surface area contributed by atoms with Crippen LogP contribution in [0.3, 0.4) is 0 Å². The number of methoxy groups -OCH3 is 1. The molecule has 1 aromatic heterocycles. The molecule has 114 valence electrons. The summed E-state index contributed by atoms with van der Waals surface area (Å²) in [5.41, 5.74) is -0.827. The van der Waals surface area contributed by atoms with Gasteiger partial charge in [-0.1, -0.05) is 6.92 Å². The first-order valence-electron chi connectivity index (χ1n) is 6.91. The molecule has 0 amide bonds. The molecule has 0 spiro atoms. The molecule has 0 aliphatic heterocycles. The molecular weight excluding hydrogens is 258 g/mol. The zero-order chi connectivity index (χ0) is 15.2. The quantitative estimate of drug-likeness (QED) is 0.744. The number of aromatic nitrogens is 3. The summed E-state index contributed by atoms with van der Waals surface area (Å²) in [7, 11) is 1.52. The van der Waals surface area contributed by atoms with Gasteiger partial charge in [0.1, 0.15) is 0 Å². The highest BCUT2D eigenvalue weighted by Gasteiger charge is 2.20. The van der Waals surface area contributed by atoms with Gasteiger partial charge in [0, 0.05) is 19.6 Å². The molecule has 0 aliphatic carbocycles. The van der Waals surface area contributed by atoms with Crippen LogP contribution < -0.4 is 15.0 Å². The molecule has 0 radical (unpaired) electrons. The summed E-state index contributed by atoms with van der Waals surface area (Å²) >= 11 is 0. The Balaban J connectivity index is 3.01. The average molecular weight is 283 g/mol. The Morgan fingerprint density at radius 3 is 2.45 bits per heavy atom. The molecule has 7 nitrogen and oxygen atoms in total. The number of anilines is 2. The number of nitrogens with one attached hydrogen (secondary N) is 1. The molecule has 0 unspecified atom stereocenters. The third-order valence-electron chi connectivity index (χ3n) is 2.56. The Kier molecular flexibility index (Phi) is 5.94. The predicted molar refractivity (Wildman–Crippen MR) is 79.3 cm³/mol. The Hall–Kier alpha value is -1.63. The van der Waals surface area contributed by atoms with Gasteiger partial charge in [0.15, 0.2) is 0 Å². The minimum absolute atomic E-state index is 0.266. The summed E-state index contributed by atoms with van der Waals surface area (Å²) in [6.07, 6.45) is 0.977. The molecule has 1 aromatic rings. The third kappa shape index (κ3) is 5.16. The number of hydrogen-bond acceptors (Lipinski definition) is 7. The van der Waals surface area contributed by atoms with E-state index in [9.17, 15) is 5.11 Å². The van der Waals surface area contributed by atoms with Crippen LogP contribution in [-0.2, 0) is 0 Å². The standard InChI is InChI=1S/C13H25N5O2/c1-6-8-14-10-15-11(17-12(16-10)20-5)18(7-2)9-13(3,4)19/h19H,6-9H2,1-5H3,(H,14,15,16,17). The zero-order valence-corrected chi connectivity index (χ0v) is 13.0. The first kappa shape index (κ1) is 16.4. The molecule has 0 aromatic carbocycles. The number of ether oxygens (including phenoxy) is 1. The molecule has 0 fully saturated rings. The summed E-state index contributed by atoms with van der Waals surface area (Å²) in [4.78, 5) is 14.7. The van der Waals surface area contributed by atoms with Crippen molar-refractivity contribution in [3.05, 3.63) is 0 Å². The molecule has 1 rings (SSSR count). The van der Waals surface area contributed by atoms with Crippen LogP contribution in [0.15, 0.2) is 0 Å². The molecule has 0 bridgehead atoms. The molecule has 0 saturated heterocycles. The Bertz CT molecular complexity index is 420. The summed E-state index contributed by atoms with van der Waals surface area (Å²) in [6, 6.07) is 0.266. The fourth-order valence-electron chi connectivity index (χ4n) is 1.69. The molecule has 2 N–H and O–H groups in total. The van der Waals surface area contributed by atoms with Gasteiger partial charge < -0.3 is 20.1 Å². The van der Waals surface area contributed by atoms with Crippen LogP contribution in [0.2, 0.25) is 0 Å². The normalized spacial score (nSPS) is 11.3. The summed E-state index contributed by atoms with van der Waals surface area (Å²) in [6.45, 7) is 9.47. The van der Waals surface area contributed by atoms with E-state index in [1.807, 2.05) is 11.8 Å². The number of rotatable bonds is 8. The van der Waals surface area contributed by atoms with Crippen molar-refractivity contribution in [3.63, 3.8) is 0 Å². The van der Waals surface area contributed by atoms with Crippen LogP contribution in [0.1, 0.15) is 34.1 Å². The van der Waals surface area contributed by atoms with E-state index in [2.05, 4.69) is 27.2 Å². The summed E-state index contributed by atoms with van der Waals surface area (Å²) in [5.74, 6) is 0.989. The lowest BCUT2D eigenvalue weighted by atomic mass is 10.1. The Morgan fingerprint density at radius 1 is 1.25 bits per heavy atom. The van der Waals surface area contributed by atoms with E-state index in [0.717, 1.165) is 13.0 Å². The maximum atomic E-state index is 9.96. The largest absolute Gasteiger partial charge is 0.467 e. The minimum atomic E-state index is -0.827. The Labute approximate surface area is 120 Å². The van der Waals surface area contributed by atoms with E-state index >= 15 is 0 Å². The fourth-order valence-corrected chi connectivity index (χ4v) is 1.69. The molecule has 0 atom stereocenters.